The maximum atomic E-state index is 8.89. The largest absolute Gasteiger partial charge is 0.398 e. The molecule has 0 fully saturated rings. The van der Waals surface area contributed by atoms with Crippen molar-refractivity contribution in [2.75, 3.05) is 5.73 Å². The van der Waals surface area contributed by atoms with E-state index in [1.807, 2.05) is 60.7 Å². The summed E-state index contributed by atoms with van der Waals surface area (Å²) in [6, 6.07) is 23.8. The molecule has 0 aliphatic carbocycles. The van der Waals surface area contributed by atoms with Crippen LogP contribution < -0.4 is 5.73 Å². The lowest BCUT2D eigenvalue weighted by atomic mass is 9.79. The summed E-state index contributed by atoms with van der Waals surface area (Å²) in [6.07, 6.45) is 0. The summed E-state index contributed by atoms with van der Waals surface area (Å²) in [5, 5.41) is 8.89. The third kappa shape index (κ3) is 2.54. The van der Waals surface area contributed by atoms with E-state index in [-0.39, 0.29) is 5.92 Å². The summed E-state index contributed by atoms with van der Waals surface area (Å²) in [4.78, 5) is 4.92. The Bertz CT molecular complexity index is 1000. The zero-order chi connectivity index (χ0) is 17.4. The number of hydrogen-bond donors (Lipinski definition) is 2. The Hall–Kier alpha value is -3.20. The topological polar surface area (TPSA) is 62.2 Å². The smallest absolute Gasteiger partial charge is 0.0724 e. The highest BCUT2D eigenvalue weighted by Gasteiger charge is 2.32. The highest BCUT2D eigenvalue weighted by Crippen LogP contribution is 2.38. The van der Waals surface area contributed by atoms with Crippen LogP contribution in [0.3, 0.4) is 0 Å². The van der Waals surface area contributed by atoms with E-state index in [2.05, 4.69) is 19.1 Å². The minimum absolute atomic E-state index is 0.221. The molecule has 1 heterocycles. The fourth-order valence-electron chi connectivity index (χ4n) is 3.44. The zero-order valence-corrected chi connectivity index (χ0v) is 14.0. The van der Waals surface area contributed by atoms with E-state index in [4.69, 9.17) is 16.1 Å². The van der Waals surface area contributed by atoms with E-state index < -0.39 is 0 Å². The number of hydrogen-bond acceptors (Lipinski definition) is 3. The van der Waals surface area contributed by atoms with Gasteiger partial charge in [0.15, 0.2) is 0 Å². The van der Waals surface area contributed by atoms with Crippen LogP contribution in [0.4, 0.5) is 11.4 Å². The average Bonchev–Trinajstić information content (AvgIpc) is 2.63. The molecule has 122 valence electrons. The number of nitrogens with zero attached hydrogens (tertiary/aromatic N) is 1. The molecule has 25 heavy (non-hydrogen) atoms. The fraction of sp³-hybridized carbons (Fsp3) is 0.0909. The molecule has 0 saturated heterocycles. The van der Waals surface area contributed by atoms with Gasteiger partial charge in [0, 0.05) is 16.8 Å². The standard InChI is InChI=1S/C22H19N3/c1-14-8-2-3-9-15(14)20-21(24)17-11-5-7-13-19(17)25-22(20)16-10-4-6-12-18(16)23/h2-13,20,24H,23H2,1H3. The van der Waals surface area contributed by atoms with Crippen molar-refractivity contribution in [1.82, 2.24) is 0 Å². The van der Waals surface area contributed by atoms with E-state index >= 15 is 0 Å². The quantitative estimate of drug-likeness (QED) is 0.649. The monoisotopic (exact) mass is 325 g/mol. The number of aryl methyl sites for hydroxylation is 1. The Labute approximate surface area is 147 Å². The van der Waals surface area contributed by atoms with Crippen LogP contribution in [-0.2, 0) is 0 Å². The van der Waals surface area contributed by atoms with E-state index in [0.29, 0.717) is 11.4 Å². The molecule has 1 aliphatic heterocycles. The van der Waals surface area contributed by atoms with Crippen LogP contribution >= 0.6 is 0 Å². The number of aliphatic imine (C=N–C) groups is 1. The van der Waals surface area contributed by atoms with Gasteiger partial charge in [-0.3, -0.25) is 4.99 Å². The van der Waals surface area contributed by atoms with Gasteiger partial charge in [-0.15, -0.1) is 0 Å². The second kappa shape index (κ2) is 6.02. The predicted molar refractivity (Wildman–Crippen MR) is 104 cm³/mol. The van der Waals surface area contributed by atoms with Gasteiger partial charge in [-0.2, -0.15) is 0 Å². The molecule has 1 atom stereocenters. The van der Waals surface area contributed by atoms with Gasteiger partial charge in [0.25, 0.3) is 0 Å². The second-order valence-electron chi connectivity index (χ2n) is 6.30. The molecular formula is C22H19N3. The van der Waals surface area contributed by atoms with Crippen molar-refractivity contribution in [2.45, 2.75) is 12.8 Å². The number of fused-ring (bicyclic) bond motifs is 1. The van der Waals surface area contributed by atoms with Crippen LogP contribution in [0, 0.1) is 12.3 Å². The van der Waals surface area contributed by atoms with Crippen molar-refractivity contribution in [2.24, 2.45) is 4.99 Å². The van der Waals surface area contributed by atoms with E-state index in [1.54, 1.807) is 0 Å². The SMILES string of the molecule is Cc1ccccc1C1C(=N)c2ccccc2N=C1c1ccccc1N. The van der Waals surface area contributed by atoms with Crippen molar-refractivity contribution in [3.05, 3.63) is 95.1 Å². The third-order valence-electron chi connectivity index (χ3n) is 4.73. The van der Waals surface area contributed by atoms with Crippen LogP contribution in [0.5, 0.6) is 0 Å². The van der Waals surface area contributed by atoms with Gasteiger partial charge in [-0.1, -0.05) is 60.7 Å². The first kappa shape index (κ1) is 15.3. The summed E-state index contributed by atoms with van der Waals surface area (Å²) in [7, 11) is 0. The average molecular weight is 325 g/mol. The summed E-state index contributed by atoms with van der Waals surface area (Å²) in [5.74, 6) is -0.221. The third-order valence-corrected chi connectivity index (χ3v) is 4.73. The van der Waals surface area contributed by atoms with Gasteiger partial charge >= 0.3 is 0 Å². The maximum Gasteiger partial charge on any atom is 0.0724 e. The molecule has 3 nitrogen and oxygen atoms in total. The molecule has 3 N–H and O–H groups in total. The van der Waals surface area contributed by atoms with Crippen LogP contribution in [0.15, 0.2) is 77.8 Å². The van der Waals surface area contributed by atoms with Gasteiger partial charge in [0.05, 0.1) is 23.0 Å². The van der Waals surface area contributed by atoms with Crippen LogP contribution in [0.2, 0.25) is 0 Å². The molecule has 1 aliphatic rings. The number of nitrogens with two attached hydrogens (primary N) is 1. The Morgan fingerprint density at radius 2 is 1.48 bits per heavy atom. The number of para-hydroxylation sites is 2. The number of rotatable bonds is 2. The first-order valence-corrected chi connectivity index (χ1v) is 8.33. The molecule has 3 aromatic rings. The van der Waals surface area contributed by atoms with E-state index in [0.717, 1.165) is 33.7 Å². The Morgan fingerprint density at radius 1 is 0.840 bits per heavy atom. The van der Waals surface area contributed by atoms with Gasteiger partial charge in [-0.25, -0.2) is 0 Å². The van der Waals surface area contributed by atoms with E-state index in [9.17, 15) is 0 Å². The molecule has 0 radical (unpaired) electrons. The van der Waals surface area contributed by atoms with Crippen LogP contribution in [-0.4, -0.2) is 11.4 Å². The van der Waals surface area contributed by atoms with Crippen LogP contribution in [0.1, 0.15) is 28.2 Å². The molecule has 3 heteroatoms. The van der Waals surface area contributed by atoms with Crippen molar-refractivity contribution >= 4 is 22.8 Å². The minimum Gasteiger partial charge on any atom is -0.398 e. The highest BCUT2D eigenvalue weighted by atomic mass is 14.8. The Balaban J connectivity index is 2.00. The number of anilines is 1. The van der Waals surface area contributed by atoms with E-state index in [1.165, 1.54) is 0 Å². The summed E-state index contributed by atoms with van der Waals surface area (Å²) < 4.78 is 0. The lowest BCUT2D eigenvalue weighted by Gasteiger charge is -2.28. The molecular weight excluding hydrogens is 306 g/mol. The fourth-order valence-corrected chi connectivity index (χ4v) is 3.44. The van der Waals surface area contributed by atoms with Gasteiger partial charge in [0.2, 0.25) is 0 Å². The zero-order valence-electron chi connectivity index (χ0n) is 14.0. The number of benzene rings is 3. The normalized spacial score (nSPS) is 16.3. The summed E-state index contributed by atoms with van der Waals surface area (Å²) >= 11 is 0. The predicted octanol–water partition coefficient (Wildman–Crippen LogP) is 4.86. The molecule has 1 unspecified atom stereocenters. The van der Waals surface area contributed by atoms with Crippen molar-refractivity contribution < 1.29 is 0 Å². The van der Waals surface area contributed by atoms with Crippen LogP contribution in [0.25, 0.3) is 0 Å². The number of nitrogen functional groups attached to an aromatic ring is 1. The van der Waals surface area contributed by atoms with Gasteiger partial charge in [0.1, 0.15) is 0 Å². The highest BCUT2D eigenvalue weighted by molar-refractivity contribution is 6.28. The maximum absolute atomic E-state index is 8.89. The first-order chi connectivity index (χ1) is 12.2. The van der Waals surface area contributed by atoms with Crippen molar-refractivity contribution in [3.8, 4) is 0 Å². The van der Waals surface area contributed by atoms with Gasteiger partial charge < -0.3 is 11.1 Å². The van der Waals surface area contributed by atoms with Crippen molar-refractivity contribution in [1.29, 1.82) is 5.41 Å². The summed E-state index contributed by atoms with van der Waals surface area (Å²) in [6.45, 7) is 2.08. The lowest BCUT2D eigenvalue weighted by Crippen LogP contribution is -2.27. The Kier molecular flexibility index (Phi) is 3.69. The molecule has 4 rings (SSSR count). The minimum atomic E-state index is -0.221. The molecule has 0 bridgehead atoms. The molecule has 3 aromatic carbocycles. The lowest BCUT2D eigenvalue weighted by molar-refractivity contribution is 1.11. The second-order valence-corrected chi connectivity index (χ2v) is 6.30. The molecule has 0 spiro atoms. The molecule has 0 amide bonds. The Morgan fingerprint density at radius 3 is 2.24 bits per heavy atom. The number of nitrogens with one attached hydrogen (secondary N) is 1. The molecule has 0 aromatic heterocycles. The van der Waals surface area contributed by atoms with Crippen molar-refractivity contribution in [3.63, 3.8) is 0 Å². The summed E-state index contributed by atoms with van der Waals surface area (Å²) in [5.41, 5.74) is 13.2. The van der Waals surface area contributed by atoms with Gasteiger partial charge in [-0.05, 0) is 30.2 Å². The first-order valence-electron chi connectivity index (χ1n) is 8.33. The molecule has 0 saturated carbocycles.